The fraction of sp³-hybridized carbons (Fsp3) is 0.348. The summed E-state index contributed by atoms with van der Waals surface area (Å²) in [6.45, 7) is 4.46. The van der Waals surface area contributed by atoms with Crippen LogP contribution in [-0.4, -0.2) is 22.0 Å². The second-order valence-corrected chi connectivity index (χ2v) is 8.47. The molecule has 5 rings (SSSR count). The molecule has 0 unspecified atom stereocenters. The van der Waals surface area contributed by atoms with E-state index in [2.05, 4.69) is 34.1 Å². The fourth-order valence-electron chi connectivity index (χ4n) is 4.21. The van der Waals surface area contributed by atoms with Crippen molar-refractivity contribution in [2.24, 2.45) is 5.92 Å². The SMILES string of the molecule is Cc1ccc(NC(=O)N2CCc3c(c4ccccc4n3CC3CC3)C2)cc1Cl. The molecule has 5 heteroatoms. The molecule has 0 bridgehead atoms. The van der Waals surface area contributed by atoms with Crippen LogP contribution in [0.1, 0.15) is 29.7 Å². The first-order valence-electron chi connectivity index (χ1n) is 10.0. The monoisotopic (exact) mass is 393 g/mol. The minimum absolute atomic E-state index is 0.0652. The summed E-state index contributed by atoms with van der Waals surface area (Å²) in [5.41, 5.74) is 5.77. The van der Waals surface area contributed by atoms with Crippen LogP contribution in [0.3, 0.4) is 0 Å². The molecule has 0 saturated heterocycles. The summed E-state index contributed by atoms with van der Waals surface area (Å²) in [4.78, 5) is 14.8. The van der Waals surface area contributed by atoms with Gasteiger partial charge in [0, 0.05) is 58.9 Å². The van der Waals surface area contributed by atoms with E-state index in [0.717, 1.165) is 36.7 Å². The van der Waals surface area contributed by atoms with Crippen LogP contribution in [0.25, 0.3) is 10.9 Å². The van der Waals surface area contributed by atoms with Gasteiger partial charge >= 0.3 is 6.03 Å². The Morgan fingerprint density at radius 1 is 1.21 bits per heavy atom. The van der Waals surface area contributed by atoms with E-state index < -0.39 is 0 Å². The highest BCUT2D eigenvalue weighted by Gasteiger charge is 2.29. The Morgan fingerprint density at radius 2 is 2.04 bits per heavy atom. The largest absolute Gasteiger partial charge is 0.344 e. The predicted molar refractivity (Wildman–Crippen MR) is 114 cm³/mol. The summed E-state index contributed by atoms with van der Waals surface area (Å²) in [7, 11) is 0. The molecule has 4 nitrogen and oxygen atoms in total. The van der Waals surface area contributed by atoms with Crippen molar-refractivity contribution in [1.82, 2.24) is 9.47 Å². The lowest BCUT2D eigenvalue weighted by Gasteiger charge is -2.28. The molecule has 0 spiro atoms. The molecule has 2 amide bonds. The Kier molecular flexibility index (Phi) is 4.31. The molecule has 0 radical (unpaired) electrons. The van der Waals surface area contributed by atoms with Gasteiger partial charge in [-0.3, -0.25) is 0 Å². The van der Waals surface area contributed by atoms with Crippen LogP contribution in [0.4, 0.5) is 10.5 Å². The number of amides is 2. The third-order valence-corrected chi connectivity index (χ3v) is 6.42. The average Bonchev–Trinajstić information content (AvgIpc) is 3.47. The van der Waals surface area contributed by atoms with Gasteiger partial charge in [-0.15, -0.1) is 0 Å². The molecule has 1 fully saturated rings. The van der Waals surface area contributed by atoms with Crippen molar-refractivity contribution in [3.05, 3.63) is 64.3 Å². The number of carbonyl (C=O) groups excluding carboxylic acids is 1. The van der Waals surface area contributed by atoms with E-state index in [1.54, 1.807) is 0 Å². The molecule has 2 heterocycles. The lowest BCUT2D eigenvalue weighted by atomic mass is 10.0. The Bertz CT molecular complexity index is 1070. The van der Waals surface area contributed by atoms with Gasteiger partial charge in [0.1, 0.15) is 0 Å². The maximum atomic E-state index is 12.9. The molecule has 0 atom stereocenters. The molecule has 1 N–H and O–H groups in total. The first-order chi connectivity index (χ1) is 13.6. The highest BCUT2D eigenvalue weighted by Crippen LogP contribution is 2.36. The number of fused-ring (bicyclic) bond motifs is 3. The molecule has 28 heavy (non-hydrogen) atoms. The summed E-state index contributed by atoms with van der Waals surface area (Å²) in [5, 5.41) is 4.96. The van der Waals surface area contributed by atoms with Gasteiger partial charge in [-0.25, -0.2) is 4.79 Å². The number of aromatic nitrogens is 1. The van der Waals surface area contributed by atoms with Gasteiger partial charge in [-0.1, -0.05) is 35.9 Å². The number of aryl methyl sites for hydroxylation is 1. The average molecular weight is 394 g/mol. The second-order valence-electron chi connectivity index (χ2n) is 8.06. The normalized spacial score (nSPS) is 16.3. The molecule has 1 aliphatic heterocycles. The number of hydrogen-bond acceptors (Lipinski definition) is 1. The maximum absolute atomic E-state index is 12.9. The Labute approximate surface area is 170 Å². The zero-order valence-corrected chi connectivity index (χ0v) is 16.8. The van der Waals surface area contributed by atoms with E-state index in [4.69, 9.17) is 11.6 Å². The van der Waals surface area contributed by atoms with Crippen LogP contribution < -0.4 is 5.32 Å². The first kappa shape index (κ1) is 17.6. The molecule has 1 saturated carbocycles. The van der Waals surface area contributed by atoms with Gasteiger partial charge in [-0.05, 0) is 49.4 Å². The number of para-hydroxylation sites is 1. The summed E-state index contributed by atoms with van der Waals surface area (Å²) in [6, 6.07) is 14.2. The zero-order chi connectivity index (χ0) is 19.3. The lowest BCUT2D eigenvalue weighted by molar-refractivity contribution is 0.206. The standard InChI is InChI=1S/C23H24ClN3O/c1-15-6-9-17(12-20(15)24)25-23(28)26-11-10-22-19(14-26)18-4-2-3-5-21(18)27(22)13-16-7-8-16/h2-6,9,12,16H,7-8,10-11,13-14H2,1H3,(H,25,28). The quantitative estimate of drug-likeness (QED) is 0.617. The van der Waals surface area contributed by atoms with Crippen molar-refractivity contribution >= 4 is 34.2 Å². The van der Waals surface area contributed by atoms with Crippen molar-refractivity contribution < 1.29 is 4.79 Å². The highest BCUT2D eigenvalue weighted by molar-refractivity contribution is 6.31. The molecule has 3 aromatic rings. The van der Waals surface area contributed by atoms with Crippen molar-refractivity contribution in [2.75, 3.05) is 11.9 Å². The number of urea groups is 1. The molecule has 1 aliphatic carbocycles. The summed E-state index contributed by atoms with van der Waals surface area (Å²) in [5.74, 6) is 0.826. The van der Waals surface area contributed by atoms with Crippen LogP contribution >= 0.6 is 11.6 Å². The number of nitrogens with zero attached hydrogens (tertiary/aromatic N) is 2. The molecule has 2 aliphatic rings. The number of carbonyl (C=O) groups is 1. The van der Waals surface area contributed by atoms with Crippen molar-refractivity contribution in [3.63, 3.8) is 0 Å². The number of nitrogens with one attached hydrogen (secondary N) is 1. The molecular formula is C23H24ClN3O. The van der Waals surface area contributed by atoms with Crippen LogP contribution in [0, 0.1) is 12.8 Å². The van der Waals surface area contributed by atoms with Gasteiger partial charge in [-0.2, -0.15) is 0 Å². The van der Waals surface area contributed by atoms with Crippen LogP contribution in [-0.2, 0) is 19.5 Å². The van der Waals surface area contributed by atoms with Crippen molar-refractivity contribution in [2.45, 2.75) is 39.3 Å². The van der Waals surface area contributed by atoms with Gasteiger partial charge in [0.2, 0.25) is 0 Å². The molecule has 2 aromatic carbocycles. The smallest absolute Gasteiger partial charge is 0.322 e. The number of anilines is 1. The lowest BCUT2D eigenvalue weighted by Crippen LogP contribution is -2.39. The maximum Gasteiger partial charge on any atom is 0.322 e. The number of benzene rings is 2. The number of halogens is 1. The Hall–Kier alpha value is -2.46. The number of hydrogen-bond donors (Lipinski definition) is 1. The van der Waals surface area contributed by atoms with Gasteiger partial charge in [0.25, 0.3) is 0 Å². The minimum atomic E-state index is -0.0652. The second kappa shape index (κ2) is 6.85. The Morgan fingerprint density at radius 3 is 2.82 bits per heavy atom. The minimum Gasteiger partial charge on any atom is -0.344 e. The van der Waals surface area contributed by atoms with Gasteiger partial charge < -0.3 is 14.8 Å². The summed E-state index contributed by atoms with van der Waals surface area (Å²) in [6.07, 6.45) is 3.59. The van der Waals surface area contributed by atoms with Gasteiger partial charge in [0.15, 0.2) is 0 Å². The topological polar surface area (TPSA) is 37.3 Å². The predicted octanol–water partition coefficient (Wildman–Crippen LogP) is 5.60. The van der Waals surface area contributed by atoms with E-state index in [1.165, 1.54) is 35.0 Å². The summed E-state index contributed by atoms with van der Waals surface area (Å²) >= 11 is 6.20. The highest BCUT2D eigenvalue weighted by atomic mass is 35.5. The van der Waals surface area contributed by atoms with Gasteiger partial charge in [0.05, 0.1) is 0 Å². The Balaban J connectivity index is 1.41. The van der Waals surface area contributed by atoms with E-state index in [9.17, 15) is 4.79 Å². The third kappa shape index (κ3) is 3.16. The van der Waals surface area contributed by atoms with Crippen molar-refractivity contribution in [1.29, 1.82) is 0 Å². The van der Waals surface area contributed by atoms with Crippen LogP contribution in [0.15, 0.2) is 42.5 Å². The van der Waals surface area contributed by atoms with E-state index in [-0.39, 0.29) is 6.03 Å². The van der Waals surface area contributed by atoms with E-state index in [0.29, 0.717) is 11.6 Å². The first-order valence-corrected chi connectivity index (χ1v) is 10.4. The molecular weight excluding hydrogens is 370 g/mol. The van der Waals surface area contributed by atoms with Crippen LogP contribution in [0.2, 0.25) is 5.02 Å². The van der Waals surface area contributed by atoms with E-state index >= 15 is 0 Å². The van der Waals surface area contributed by atoms with E-state index in [1.807, 2.05) is 30.0 Å². The fourth-order valence-corrected chi connectivity index (χ4v) is 4.40. The third-order valence-electron chi connectivity index (χ3n) is 6.01. The zero-order valence-electron chi connectivity index (χ0n) is 16.0. The number of rotatable bonds is 3. The molecule has 1 aromatic heterocycles. The molecule has 144 valence electrons. The van der Waals surface area contributed by atoms with Crippen molar-refractivity contribution in [3.8, 4) is 0 Å². The van der Waals surface area contributed by atoms with Crippen LogP contribution in [0.5, 0.6) is 0 Å². The summed E-state index contributed by atoms with van der Waals surface area (Å²) < 4.78 is 2.51.